The summed E-state index contributed by atoms with van der Waals surface area (Å²) in [5, 5.41) is 7.50. The van der Waals surface area contributed by atoms with Crippen LogP contribution in [0.15, 0.2) is 4.99 Å². The molecule has 4 atom stereocenters. The first kappa shape index (κ1) is 20.9. The SMILES string of the molecule is CSC(C)CNC(=NCC(=O)N(C)C)NC1CC2CCC1C2.I. The zero-order valence-electron chi connectivity index (χ0n) is 14.7. The lowest BCUT2D eigenvalue weighted by atomic mass is 9.95. The van der Waals surface area contributed by atoms with Crippen molar-refractivity contribution >= 4 is 47.6 Å². The van der Waals surface area contributed by atoms with E-state index in [1.165, 1.54) is 25.7 Å². The average molecular weight is 454 g/mol. The van der Waals surface area contributed by atoms with E-state index in [1.54, 1.807) is 19.0 Å². The second-order valence-corrected chi connectivity index (χ2v) is 8.08. The molecule has 2 N–H and O–H groups in total. The highest BCUT2D eigenvalue weighted by atomic mass is 127. The van der Waals surface area contributed by atoms with Crippen LogP contribution < -0.4 is 10.6 Å². The monoisotopic (exact) mass is 454 g/mol. The summed E-state index contributed by atoms with van der Waals surface area (Å²) in [5.74, 6) is 2.53. The van der Waals surface area contributed by atoms with Gasteiger partial charge in [-0.3, -0.25) is 4.79 Å². The second kappa shape index (κ2) is 9.96. The number of likely N-dealkylation sites (N-methyl/N-ethyl adjacent to an activating group) is 1. The Bertz CT molecular complexity index is 419. The lowest BCUT2D eigenvalue weighted by Gasteiger charge is -2.26. The maximum Gasteiger partial charge on any atom is 0.243 e. The minimum atomic E-state index is 0. The summed E-state index contributed by atoms with van der Waals surface area (Å²) in [7, 11) is 3.54. The minimum absolute atomic E-state index is 0. The fourth-order valence-corrected chi connectivity index (χ4v) is 3.61. The van der Waals surface area contributed by atoms with Crippen LogP contribution in [0.2, 0.25) is 0 Å². The molecule has 2 aliphatic rings. The van der Waals surface area contributed by atoms with Crippen molar-refractivity contribution < 1.29 is 4.79 Å². The molecule has 4 unspecified atom stereocenters. The smallest absolute Gasteiger partial charge is 0.243 e. The van der Waals surface area contributed by atoms with E-state index in [2.05, 4.69) is 28.8 Å². The van der Waals surface area contributed by atoms with Gasteiger partial charge in [-0.25, -0.2) is 4.99 Å². The molecule has 2 aliphatic carbocycles. The van der Waals surface area contributed by atoms with Crippen LogP contribution in [0.5, 0.6) is 0 Å². The van der Waals surface area contributed by atoms with Crippen LogP contribution in [0.4, 0.5) is 0 Å². The molecule has 23 heavy (non-hydrogen) atoms. The average Bonchev–Trinajstić information content (AvgIpc) is 3.11. The Balaban J connectivity index is 0.00000264. The van der Waals surface area contributed by atoms with Crippen molar-refractivity contribution in [2.75, 3.05) is 33.4 Å². The molecule has 0 radical (unpaired) electrons. The number of amides is 1. The third-order valence-electron chi connectivity index (χ3n) is 4.89. The highest BCUT2D eigenvalue weighted by molar-refractivity contribution is 14.0. The van der Waals surface area contributed by atoms with Crippen molar-refractivity contribution in [1.82, 2.24) is 15.5 Å². The summed E-state index contributed by atoms with van der Waals surface area (Å²) in [6.45, 7) is 3.26. The molecule has 2 rings (SSSR count). The molecule has 0 aliphatic heterocycles. The topological polar surface area (TPSA) is 56.7 Å². The molecule has 0 saturated heterocycles. The van der Waals surface area contributed by atoms with Crippen LogP contribution in [-0.2, 0) is 4.79 Å². The van der Waals surface area contributed by atoms with Crippen molar-refractivity contribution in [2.45, 2.75) is 43.9 Å². The van der Waals surface area contributed by atoms with Gasteiger partial charge in [-0.1, -0.05) is 13.3 Å². The number of carbonyl (C=O) groups excluding carboxylic acids is 1. The molecule has 0 aromatic carbocycles. The fraction of sp³-hybridized carbons (Fsp3) is 0.875. The summed E-state index contributed by atoms with van der Waals surface area (Å²) in [6, 6.07) is 0.532. The number of thioether (sulfide) groups is 1. The van der Waals surface area contributed by atoms with E-state index in [0.29, 0.717) is 11.3 Å². The molecule has 7 heteroatoms. The number of guanidine groups is 1. The van der Waals surface area contributed by atoms with E-state index in [9.17, 15) is 4.79 Å². The van der Waals surface area contributed by atoms with Gasteiger partial charge in [0.05, 0.1) is 0 Å². The fourth-order valence-electron chi connectivity index (χ4n) is 3.36. The third-order valence-corrected chi connectivity index (χ3v) is 5.86. The molecule has 2 fully saturated rings. The predicted molar refractivity (Wildman–Crippen MR) is 110 cm³/mol. The number of carbonyl (C=O) groups is 1. The van der Waals surface area contributed by atoms with Crippen molar-refractivity contribution in [1.29, 1.82) is 0 Å². The van der Waals surface area contributed by atoms with Crippen molar-refractivity contribution in [2.24, 2.45) is 16.8 Å². The quantitative estimate of drug-likeness (QED) is 0.367. The van der Waals surface area contributed by atoms with E-state index >= 15 is 0 Å². The molecule has 1 amide bonds. The van der Waals surface area contributed by atoms with Gasteiger partial charge < -0.3 is 15.5 Å². The molecular formula is C16H31IN4OS. The Morgan fingerprint density at radius 3 is 2.61 bits per heavy atom. The molecule has 0 spiro atoms. The van der Waals surface area contributed by atoms with Crippen LogP contribution in [0.1, 0.15) is 32.6 Å². The van der Waals surface area contributed by atoms with Gasteiger partial charge in [0.25, 0.3) is 0 Å². The molecule has 0 aromatic heterocycles. The first-order valence-electron chi connectivity index (χ1n) is 8.27. The standard InChI is InChI=1S/C16H30N4OS.HI/c1-11(22-4)9-17-16(18-10-15(21)20(2)3)19-14-8-12-5-6-13(14)7-12;/h11-14H,5-10H2,1-4H3,(H2,17,18,19);1H. The van der Waals surface area contributed by atoms with Gasteiger partial charge in [0.15, 0.2) is 5.96 Å². The number of nitrogens with one attached hydrogen (secondary N) is 2. The summed E-state index contributed by atoms with van der Waals surface area (Å²) in [6.07, 6.45) is 7.47. The van der Waals surface area contributed by atoms with Crippen molar-refractivity contribution in [3.05, 3.63) is 0 Å². The van der Waals surface area contributed by atoms with Crippen LogP contribution in [0.25, 0.3) is 0 Å². The number of hydrogen-bond acceptors (Lipinski definition) is 3. The van der Waals surface area contributed by atoms with E-state index in [0.717, 1.165) is 24.3 Å². The van der Waals surface area contributed by atoms with Gasteiger partial charge in [0.1, 0.15) is 6.54 Å². The molecule has 134 valence electrons. The van der Waals surface area contributed by atoms with Gasteiger partial charge in [-0.05, 0) is 37.4 Å². The minimum Gasteiger partial charge on any atom is -0.355 e. The molecule has 0 aromatic rings. The molecule has 5 nitrogen and oxygen atoms in total. The normalized spacial score (nSPS) is 27.3. The van der Waals surface area contributed by atoms with E-state index in [-0.39, 0.29) is 36.4 Å². The van der Waals surface area contributed by atoms with Crippen LogP contribution in [0.3, 0.4) is 0 Å². The summed E-state index contributed by atoms with van der Waals surface area (Å²) in [4.78, 5) is 17.8. The van der Waals surface area contributed by atoms with Gasteiger partial charge >= 0.3 is 0 Å². The van der Waals surface area contributed by atoms with Gasteiger partial charge in [0, 0.05) is 31.9 Å². The zero-order chi connectivity index (χ0) is 16.1. The van der Waals surface area contributed by atoms with E-state index in [4.69, 9.17) is 0 Å². The van der Waals surface area contributed by atoms with Crippen LogP contribution >= 0.6 is 35.7 Å². The first-order valence-corrected chi connectivity index (χ1v) is 9.56. The highest BCUT2D eigenvalue weighted by Gasteiger charge is 2.39. The molecule has 2 saturated carbocycles. The van der Waals surface area contributed by atoms with Crippen LogP contribution in [0, 0.1) is 11.8 Å². The molecule has 2 bridgehead atoms. The van der Waals surface area contributed by atoms with Gasteiger partial charge in [0.2, 0.25) is 5.91 Å². The number of aliphatic imine (C=N–C) groups is 1. The van der Waals surface area contributed by atoms with Crippen LogP contribution in [-0.4, -0.2) is 61.5 Å². The number of halogens is 1. The first-order chi connectivity index (χ1) is 10.5. The predicted octanol–water partition coefficient (Wildman–Crippen LogP) is 2.17. The Hall–Kier alpha value is -0.180. The highest BCUT2D eigenvalue weighted by Crippen LogP contribution is 2.44. The number of rotatable bonds is 6. The Kier molecular flexibility index (Phi) is 9.03. The number of nitrogens with zero attached hydrogens (tertiary/aromatic N) is 2. The molecule has 0 heterocycles. The van der Waals surface area contributed by atoms with Gasteiger partial charge in [-0.2, -0.15) is 11.8 Å². The number of fused-ring (bicyclic) bond motifs is 2. The zero-order valence-corrected chi connectivity index (χ0v) is 17.8. The summed E-state index contributed by atoms with van der Waals surface area (Å²) in [5.41, 5.74) is 0. The maximum atomic E-state index is 11.8. The summed E-state index contributed by atoms with van der Waals surface area (Å²) < 4.78 is 0. The lowest BCUT2D eigenvalue weighted by Crippen LogP contribution is -2.47. The number of hydrogen-bond donors (Lipinski definition) is 2. The second-order valence-electron chi connectivity index (χ2n) is 6.81. The van der Waals surface area contributed by atoms with Crippen molar-refractivity contribution in [3.63, 3.8) is 0 Å². The lowest BCUT2D eigenvalue weighted by molar-refractivity contribution is -0.127. The van der Waals surface area contributed by atoms with Gasteiger partial charge in [-0.15, -0.1) is 24.0 Å². The van der Waals surface area contributed by atoms with Crippen molar-refractivity contribution in [3.8, 4) is 0 Å². The third kappa shape index (κ3) is 6.32. The van der Waals surface area contributed by atoms with E-state index < -0.39 is 0 Å². The molecular weight excluding hydrogens is 423 g/mol. The Morgan fingerprint density at radius 2 is 2.09 bits per heavy atom. The Labute approximate surface area is 161 Å². The largest absolute Gasteiger partial charge is 0.355 e. The summed E-state index contributed by atoms with van der Waals surface area (Å²) >= 11 is 1.83. The maximum absolute atomic E-state index is 11.8. The van der Waals surface area contributed by atoms with E-state index in [1.807, 2.05) is 11.8 Å². The Morgan fingerprint density at radius 1 is 1.35 bits per heavy atom.